The zero-order chi connectivity index (χ0) is 16.1. The van der Waals surface area contributed by atoms with E-state index in [9.17, 15) is 4.79 Å². The Hall–Kier alpha value is -1.66. The van der Waals surface area contributed by atoms with Crippen molar-refractivity contribution in [1.29, 1.82) is 0 Å². The normalized spacial score (nSPS) is 13.9. The van der Waals surface area contributed by atoms with Crippen LogP contribution >= 0.6 is 23.5 Å². The first-order valence-electron chi connectivity index (χ1n) is 7.40. The van der Waals surface area contributed by atoms with Crippen molar-refractivity contribution in [2.75, 3.05) is 19.3 Å². The molecule has 0 saturated heterocycles. The Bertz CT molecular complexity index is 698. The van der Waals surface area contributed by atoms with E-state index < -0.39 is 0 Å². The molecular weight excluding hydrogens is 328 g/mol. The molecule has 2 aromatic rings. The summed E-state index contributed by atoms with van der Waals surface area (Å²) >= 11 is 3.50. The van der Waals surface area contributed by atoms with Crippen molar-refractivity contribution >= 4 is 33.8 Å². The van der Waals surface area contributed by atoms with Crippen LogP contribution in [-0.2, 0) is 12.3 Å². The summed E-state index contributed by atoms with van der Waals surface area (Å²) in [5, 5.41) is 0. The maximum Gasteiger partial charge on any atom is 0.254 e. The summed E-state index contributed by atoms with van der Waals surface area (Å²) in [5.41, 5.74) is 1.79. The predicted molar refractivity (Wildman–Crippen MR) is 97.0 cm³/mol. The van der Waals surface area contributed by atoms with Gasteiger partial charge in [0, 0.05) is 24.1 Å². The van der Waals surface area contributed by atoms with E-state index in [0.29, 0.717) is 6.54 Å². The van der Waals surface area contributed by atoms with E-state index in [4.69, 9.17) is 4.42 Å². The number of carbonyl (C=O) groups is 1. The average molecular weight is 346 g/mol. The number of benzene rings is 1. The maximum absolute atomic E-state index is 12.7. The van der Waals surface area contributed by atoms with Crippen molar-refractivity contribution in [2.24, 2.45) is 4.99 Å². The number of furan rings is 1. The van der Waals surface area contributed by atoms with Crippen molar-refractivity contribution in [3.05, 3.63) is 59.5 Å². The van der Waals surface area contributed by atoms with E-state index in [1.54, 1.807) is 41.7 Å². The smallest absolute Gasteiger partial charge is 0.254 e. The molecule has 0 aliphatic carbocycles. The van der Waals surface area contributed by atoms with Crippen molar-refractivity contribution < 1.29 is 9.21 Å². The summed E-state index contributed by atoms with van der Waals surface area (Å²) in [6.07, 6.45) is 1.62. The van der Waals surface area contributed by atoms with Gasteiger partial charge in [0.1, 0.15) is 10.1 Å². The van der Waals surface area contributed by atoms with Gasteiger partial charge in [0.05, 0.1) is 19.4 Å². The number of hydrogen-bond acceptors (Lipinski definition) is 5. The van der Waals surface area contributed by atoms with Gasteiger partial charge in [0.2, 0.25) is 0 Å². The van der Waals surface area contributed by atoms with Crippen LogP contribution in [0.25, 0.3) is 0 Å². The lowest BCUT2D eigenvalue weighted by Gasteiger charge is -2.18. The Kier molecular flexibility index (Phi) is 5.46. The van der Waals surface area contributed by atoms with Gasteiger partial charge in [0.25, 0.3) is 5.91 Å². The quantitative estimate of drug-likeness (QED) is 0.824. The number of thioether (sulfide) groups is 2. The van der Waals surface area contributed by atoms with Gasteiger partial charge in [-0.15, -0.1) is 0 Å². The molecule has 0 N–H and O–H groups in total. The zero-order valence-corrected chi connectivity index (χ0v) is 14.5. The summed E-state index contributed by atoms with van der Waals surface area (Å²) in [6.45, 7) is 1.37. The topological polar surface area (TPSA) is 45.8 Å². The third-order valence-corrected chi connectivity index (χ3v) is 5.78. The highest BCUT2D eigenvalue weighted by Crippen LogP contribution is 2.27. The van der Waals surface area contributed by atoms with Gasteiger partial charge in [-0.05, 0) is 23.8 Å². The fraction of sp³-hybridized carbons (Fsp3) is 0.294. The largest absolute Gasteiger partial charge is 0.467 e. The maximum atomic E-state index is 12.7. The van der Waals surface area contributed by atoms with Gasteiger partial charge in [-0.2, -0.15) is 0 Å². The van der Waals surface area contributed by atoms with Crippen LogP contribution in [0.4, 0.5) is 0 Å². The molecule has 0 atom stereocenters. The monoisotopic (exact) mass is 346 g/mol. The van der Waals surface area contributed by atoms with Gasteiger partial charge < -0.3 is 9.32 Å². The Labute approximate surface area is 144 Å². The number of amides is 1. The molecule has 1 aromatic heterocycles. The summed E-state index contributed by atoms with van der Waals surface area (Å²) in [6, 6.07) is 11.5. The van der Waals surface area contributed by atoms with Crippen LogP contribution in [0.2, 0.25) is 0 Å². The number of hydrogen-bond donors (Lipinski definition) is 0. The number of carbonyl (C=O) groups excluding carboxylic acids is 1. The first-order chi connectivity index (χ1) is 11.2. The highest BCUT2D eigenvalue weighted by atomic mass is 32.2. The van der Waals surface area contributed by atoms with E-state index in [2.05, 4.69) is 4.99 Å². The fourth-order valence-corrected chi connectivity index (χ4v) is 4.32. The van der Waals surface area contributed by atoms with Crippen LogP contribution in [-0.4, -0.2) is 34.5 Å². The lowest BCUT2D eigenvalue weighted by molar-refractivity contribution is 0.0774. The van der Waals surface area contributed by atoms with Gasteiger partial charge >= 0.3 is 0 Å². The van der Waals surface area contributed by atoms with Crippen LogP contribution in [0.3, 0.4) is 0 Å². The highest BCUT2D eigenvalue weighted by Gasteiger charge is 2.17. The van der Waals surface area contributed by atoms with Crippen LogP contribution in [0.15, 0.2) is 52.1 Å². The molecule has 0 spiro atoms. The molecule has 1 aliphatic rings. The summed E-state index contributed by atoms with van der Waals surface area (Å²) < 4.78 is 6.44. The molecule has 1 aliphatic heterocycles. The first-order valence-corrected chi connectivity index (χ1v) is 9.37. The van der Waals surface area contributed by atoms with E-state index in [1.165, 1.54) is 0 Å². The van der Waals surface area contributed by atoms with Crippen molar-refractivity contribution in [3.8, 4) is 0 Å². The Morgan fingerprint density at radius 2 is 2.22 bits per heavy atom. The molecule has 1 aromatic carbocycles. The van der Waals surface area contributed by atoms with Crippen molar-refractivity contribution in [1.82, 2.24) is 4.90 Å². The van der Waals surface area contributed by atoms with Gasteiger partial charge in [-0.25, -0.2) is 0 Å². The Morgan fingerprint density at radius 1 is 1.35 bits per heavy atom. The highest BCUT2D eigenvalue weighted by molar-refractivity contribution is 8.38. The first kappa shape index (κ1) is 16.2. The standard InChI is InChI=1S/C17H18N2O2S2/c1-19(11-14-6-4-9-21-14)16(20)15-7-3-2-5-13(15)12-23-17-18-8-10-22-17/h2-7,9H,8,10-12H2,1H3. The molecule has 0 bridgehead atoms. The summed E-state index contributed by atoms with van der Waals surface area (Å²) in [4.78, 5) is 18.9. The van der Waals surface area contributed by atoms with Gasteiger partial charge in [0.15, 0.2) is 0 Å². The Balaban J connectivity index is 1.69. The lowest BCUT2D eigenvalue weighted by atomic mass is 10.1. The SMILES string of the molecule is CN(Cc1ccco1)C(=O)c1ccccc1CSC1=NCCS1. The van der Waals surface area contributed by atoms with Crippen LogP contribution in [0.5, 0.6) is 0 Å². The second-order valence-electron chi connectivity index (χ2n) is 5.18. The molecule has 0 radical (unpaired) electrons. The van der Waals surface area contributed by atoms with Crippen LogP contribution in [0.1, 0.15) is 21.7 Å². The summed E-state index contributed by atoms with van der Waals surface area (Å²) in [5.74, 6) is 2.62. The molecule has 0 unspecified atom stereocenters. The number of rotatable bonds is 5. The number of aliphatic imine (C=N–C) groups is 1. The van der Waals surface area contributed by atoms with Crippen LogP contribution in [0, 0.1) is 0 Å². The van der Waals surface area contributed by atoms with Gasteiger partial charge in [-0.1, -0.05) is 41.7 Å². The predicted octanol–water partition coefficient (Wildman–Crippen LogP) is 3.89. The molecule has 0 saturated carbocycles. The molecule has 3 rings (SSSR count). The molecule has 23 heavy (non-hydrogen) atoms. The van der Waals surface area contributed by atoms with E-state index >= 15 is 0 Å². The minimum absolute atomic E-state index is 0.0126. The third kappa shape index (κ3) is 4.20. The molecule has 4 nitrogen and oxygen atoms in total. The van der Waals surface area contributed by atoms with Crippen molar-refractivity contribution in [3.63, 3.8) is 0 Å². The summed E-state index contributed by atoms with van der Waals surface area (Å²) in [7, 11) is 1.80. The zero-order valence-electron chi connectivity index (χ0n) is 12.9. The molecular formula is C17H18N2O2S2. The fourth-order valence-electron chi connectivity index (χ4n) is 2.31. The molecule has 1 amide bonds. The number of nitrogens with zero attached hydrogens (tertiary/aromatic N) is 2. The van der Waals surface area contributed by atoms with Crippen LogP contribution < -0.4 is 0 Å². The minimum Gasteiger partial charge on any atom is -0.467 e. The second-order valence-corrected chi connectivity index (χ2v) is 7.49. The molecule has 6 heteroatoms. The third-order valence-electron chi connectivity index (χ3n) is 3.48. The van der Waals surface area contributed by atoms with E-state index in [-0.39, 0.29) is 5.91 Å². The van der Waals surface area contributed by atoms with Gasteiger partial charge in [-0.3, -0.25) is 9.79 Å². The van der Waals surface area contributed by atoms with E-state index in [0.717, 1.165) is 39.3 Å². The van der Waals surface area contributed by atoms with E-state index in [1.807, 2.05) is 36.4 Å². The van der Waals surface area contributed by atoms with Crippen molar-refractivity contribution in [2.45, 2.75) is 12.3 Å². The Morgan fingerprint density at radius 3 is 2.96 bits per heavy atom. The second kappa shape index (κ2) is 7.75. The molecule has 0 fully saturated rings. The molecule has 2 heterocycles. The average Bonchev–Trinajstić information content (AvgIpc) is 3.26. The minimum atomic E-state index is 0.0126. The lowest BCUT2D eigenvalue weighted by Crippen LogP contribution is -2.26. The molecule has 120 valence electrons.